The predicted molar refractivity (Wildman–Crippen MR) is 82.4 cm³/mol. The smallest absolute Gasteiger partial charge is 0.384 e. The third-order valence-electron chi connectivity index (χ3n) is 3.90. The molecule has 0 saturated carbocycles. The molecule has 2 N–H and O–H groups in total. The normalized spacial score (nSPS) is 18.0. The quantitative estimate of drug-likeness (QED) is 0.523. The molecule has 1 saturated heterocycles. The number of nitrogens with zero attached hydrogens (tertiary/aromatic N) is 2. The lowest BCUT2D eigenvalue weighted by atomic mass is 10.1. The number of benzene rings is 1. The fourth-order valence-electron chi connectivity index (χ4n) is 2.58. The predicted octanol–water partition coefficient (Wildman–Crippen LogP) is 1.70. The van der Waals surface area contributed by atoms with Crippen LogP contribution in [-0.4, -0.2) is 41.6 Å². The van der Waals surface area contributed by atoms with Crippen molar-refractivity contribution in [1.29, 1.82) is 0 Å². The van der Waals surface area contributed by atoms with Crippen LogP contribution < -0.4 is 5.73 Å². The van der Waals surface area contributed by atoms with Crippen LogP contribution in [0.2, 0.25) is 0 Å². The molecule has 1 aromatic heterocycles. The summed E-state index contributed by atoms with van der Waals surface area (Å²) in [4.78, 5) is 25.9. The largest absolute Gasteiger partial charge is 0.399 e. The van der Waals surface area contributed by atoms with Gasteiger partial charge in [-0.25, -0.2) is 9.59 Å². The third-order valence-corrected chi connectivity index (χ3v) is 3.90. The Bertz CT molecular complexity index is 723. The number of ether oxygens (including phenoxy) is 1. The number of nitrogens with two attached hydrogens (primary N) is 1. The lowest BCUT2D eigenvalue weighted by Gasteiger charge is -2.16. The lowest BCUT2D eigenvalue weighted by molar-refractivity contribution is -0.142. The maximum absolute atomic E-state index is 12.0. The summed E-state index contributed by atoms with van der Waals surface area (Å²) in [7, 11) is 1.83. The average Bonchev–Trinajstić information content (AvgIpc) is 3.17. The van der Waals surface area contributed by atoms with E-state index in [0.717, 1.165) is 18.5 Å². The molecule has 2 aromatic rings. The highest BCUT2D eigenvalue weighted by Crippen LogP contribution is 2.21. The van der Waals surface area contributed by atoms with Crippen molar-refractivity contribution in [2.24, 2.45) is 0 Å². The third kappa shape index (κ3) is 3.24. The van der Waals surface area contributed by atoms with Crippen molar-refractivity contribution in [3.8, 4) is 11.3 Å². The zero-order valence-corrected chi connectivity index (χ0v) is 12.7. The molecule has 2 heterocycles. The summed E-state index contributed by atoms with van der Waals surface area (Å²) in [5, 5.41) is 3.82. The SMILES string of the molecule is CN1CCC[C@H]1C(=O)OC(=O)c1cc(-c2ccc(N)cc2)no1. The molecule has 7 heteroatoms. The lowest BCUT2D eigenvalue weighted by Crippen LogP contribution is -2.35. The topological polar surface area (TPSA) is 98.7 Å². The summed E-state index contributed by atoms with van der Waals surface area (Å²) >= 11 is 0. The Hall–Kier alpha value is -2.67. The molecular weight excluding hydrogens is 298 g/mol. The Kier molecular flexibility index (Phi) is 4.12. The second-order valence-electron chi connectivity index (χ2n) is 5.55. The fourth-order valence-corrected chi connectivity index (χ4v) is 2.58. The van der Waals surface area contributed by atoms with Crippen molar-refractivity contribution in [1.82, 2.24) is 10.1 Å². The van der Waals surface area contributed by atoms with E-state index in [1.165, 1.54) is 6.07 Å². The van der Waals surface area contributed by atoms with Crippen LogP contribution in [-0.2, 0) is 9.53 Å². The molecule has 120 valence electrons. The van der Waals surface area contributed by atoms with Gasteiger partial charge in [-0.1, -0.05) is 17.3 Å². The van der Waals surface area contributed by atoms with Crippen LogP contribution in [0.3, 0.4) is 0 Å². The molecule has 1 atom stereocenters. The molecule has 0 amide bonds. The summed E-state index contributed by atoms with van der Waals surface area (Å²) in [5.41, 5.74) is 7.48. The van der Waals surface area contributed by atoms with Gasteiger partial charge in [-0.3, -0.25) is 4.90 Å². The molecule has 7 nitrogen and oxygen atoms in total. The van der Waals surface area contributed by atoms with Gasteiger partial charge in [0.25, 0.3) is 0 Å². The zero-order chi connectivity index (χ0) is 16.4. The molecule has 1 aromatic carbocycles. The Morgan fingerprint density at radius 2 is 2.09 bits per heavy atom. The molecule has 3 rings (SSSR count). The van der Waals surface area contributed by atoms with Gasteiger partial charge in [-0.05, 0) is 38.6 Å². The molecule has 0 spiro atoms. The Labute approximate surface area is 133 Å². The van der Waals surface area contributed by atoms with Crippen molar-refractivity contribution in [2.45, 2.75) is 18.9 Å². The van der Waals surface area contributed by atoms with Crippen LogP contribution >= 0.6 is 0 Å². The average molecular weight is 315 g/mol. The maximum Gasteiger partial charge on any atom is 0.384 e. The highest BCUT2D eigenvalue weighted by molar-refractivity contribution is 5.96. The number of likely N-dealkylation sites (N-methyl/N-ethyl adjacent to an activating group) is 1. The number of rotatable bonds is 3. The summed E-state index contributed by atoms with van der Waals surface area (Å²) in [6.07, 6.45) is 1.60. The highest BCUT2D eigenvalue weighted by Gasteiger charge is 2.31. The summed E-state index contributed by atoms with van der Waals surface area (Å²) in [5.74, 6) is -1.49. The number of carbonyl (C=O) groups is 2. The van der Waals surface area contributed by atoms with Crippen molar-refractivity contribution in [2.75, 3.05) is 19.3 Å². The van der Waals surface area contributed by atoms with Crippen LogP contribution in [0.4, 0.5) is 5.69 Å². The summed E-state index contributed by atoms with van der Waals surface area (Å²) < 4.78 is 9.87. The van der Waals surface area contributed by atoms with Crippen LogP contribution in [0.25, 0.3) is 11.3 Å². The number of carbonyl (C=O) groups excluding carboxylic acids is 2. The van der Waals surface area contributed by atoms with E-state index in [1.54, 1.807) is 24.3 Å². The van der Waals surface area contributed by atoms with E-state index in [4.69, 9.17) is 15.0 Å². The first-order valence-electron chi connectivity index (χ1n) is 7.33. The monoisotopic (exact) mass is 315 g/mol. The Morgan fingerprint density at radius 3 is 2.74 bits per heavy atom. The number of anilines is 1. The first kappa shape index (κ1) is 15.2. The minimum Gasteiger partial charge on any atom is -0.399 e. The first-order valence-corrected chi connectivity index (χ1v) is 7.33. The van der Waals surface area contributed by atoms with Crippen LogP contribution in [0.1, 0.15) is 23.4 Å². The maximum atomic E-state index is 12.0. The van der Waals surface area contributed by atoms with E-state index in [9.17, 15) is 9.59 Å². The van der Waals surface area contributed by atoms with E-state index in [1.807, 2.05) is 11.9 Å². The van der Waals surface area contributed by atoms with Crippen LogP contribution in [0, 0.1) is 0 Å². The van der Waals surface area contributed by atoms with Gasteiger partial charge in [-0.15, -0.1) is 0 Å². The van der Waals surface area contributed by atoms with Gasteiger partial charge in [0.2, 0.25) is 5.76 Å². The number of aromatic nitrogens is 1. The summed E-state index contributed by atoms with van der Waals surface area (Å²) in [6, 6.07) is 8.04. The molecule has 0 unspecified atom stereocenters. The molecular formula is C16H17N3O4. The Morgan fingerprint density at radius 1 is 1.35 bits per heavy atom. The van der Waals surface area contributed by atoms with E-state index >= 15 is 0 Å². The van der Waals surface area contributed by atoms with Gasteiger partial charge >= 0.3 is 11.9 Å². The second-order valence-corrected chi connectivity index (χ2v) is 5.55. The van der Waals surface area contributed by atoms with Crippen LogP contribution in [0.15, 0.2) is 34.9 Å². The van der Waals surface area contributed by atoms with Gasteiger partial charge in [0.15, 0.2) is 0 Å². The minimum atomic E-state index is -0.829. The van der Waals surface area contributed by atoms with E-state index in [2.05, 4.69) is 5.16 Å². The molecule has 0 radical (unpaired) electrons. The minimum absolute atomic E-state index is 0.106. The number of hydrogen-bond acceptors (Lipinski definition) is 7. The summed E-state index contributed by atoms with van der Waals surface area (Å²) in [6.45, 7) is 0.817. The highest BCUT2D eigenvalue weighted by atomic mass is 16.6. The zero-order valence-electron chi connectivity index (χ0n) is 12.7. The van der Waals surface area contributed by atoms with Crippen molar-refractivity contribution < 1.29 is 18.8 Å². The van der Waals surface area contributed by atoms with Crippen molar-refractivity contribution in [3.63, 3.8) is 0 Å². The van der Waals surface area contributed by atoms with E-state index < -0.39 is 11.9 Å². The molecule has 23 heavy (non-hydrogen) atoms. The standard InChI is InChI=1S/C16H17N3O4/c1-19-8-2-3-13(19)15(20)22-16(21)14-9-12(18-23-14)10-4-6-11(17)7-5-10/h4-7,9,13H,2-3,8,17H2,1H3/t13-/m0/s1. The molecule has 1 aliphatic rings. The first-order chi connectivity index (χ1) is 11.0. The van der Waals surface area contributed by atoms with Crippen LogP contribution in [0.5, 0.6) is 0 Å². The van der Waals surface area contributed by atoms with Crippen molar-refractivity contribution >= 4 is 17.6 Å². The molecule has 0 bridgehead atoms. The molecule has 1 aliphatic heterocycles. The molecule has 0 aliphatic carbocycles. The number of likely N-dealkylation sites (tertiary alicyclic amines) is 1. The number of nitrogen functional groups attached to an aromatic ring is 1. The van der Waals surface area contributed by atoms with E-state index in [-0.39, 0.29) is 11.8 Å². The number of esters is 2. The van der Waals surface area contributed by atoms with Gasteiger partial charge in [-0.2, -0.15) is 0 Å². The molecule has 1 fully saturated rings. The van der Waals surface area contributed by atoms with Gasteiger partial charge in [0, 0.05) is 17.3 Å². The van der Waals surface area contributed by atoms with E-state index in [0.29, 0.717) is 17.8 Å². The van der Waals surface area contributed by atoms with Crippen molar-refractivity contribution in [3.05, 3.63) is 36.1 Å². The van der Waals surface area contributed by atoms with Gasteiger partial charge < -0.3 is 15.0 Å². The van der Waals surface area contributed by atoms with Gasteiger partial charge in [0.1, 0.15) is 11.7 Å². The second kappa shape index (κ2) is 6.21. The number of hydrogen-bond donors (Lipinski definition) is 1. The van der Waals surface area contributed by atoms with Gasteiger partial charge in [0.05, 0.1) is 0 Å². The fraction of sp³-hybridized carbons (Fsp3) is 0.312. The Balaban J connectivity index is 1.69.